The van der Waals surface area contributed by atoms with Crippen LogP contribution in [0.3, 0.4) is 0 Å². The minimum Gasteiger partial charge on any atom is -0.493 e. The second-order valence-electron chi connectivity index (χ2n) is 6.19. The number of ether oxygens (including phenoxy) is 3. The molecule has 0 saturated carbocycles. The molecule has 1 unspecified atom stereocenters. The Morgan fingerprint density at radius 2 is 2.12 bits per heavy atom. The monoisotopic (exact) mass is 323 g/mol. The largest absolute Gasteiger partial charge is 0.493 e. The standard InChI is InChI=1S/C20H21NO3/c1-4-10-21-11-13-6-5-7-16-18(13)15(12-21)14-8-9-17(22-2)20(23-3)19(14)24-16/h4-9,15H,1,10-12H2,2-3H3. The van der Waals surface area contributed by atoms with Crippen LogP contribution in [-0.2, 0) is 6.54 Å². The van der Waals surface area contributed by atoms with E-state index in [-0.39, 0.29) is 5.92 Å². The maximum Gasteiger partial charge on any atom is 0.204 e. The van der Waals surface area contributed by atoms with Crippen LogP contribution >= 0.6 is 0 Å². The molecular weight excluding hydrogens is 302 g/mol. The topological polar surface area (TPSA) is 30.9 Å². The van der Waals surface area contributed by atoms with Crippen LogP contribution in [-0.4, -0.2) is 32.2 Å². The normalized spacial score (nSPS) is 18.2. The summed E-state index contributed by atoms with van der Waals surface area (Å²) >= 11 is 0. The average Bonchev–Trinajstić information content (AvgIpc) is 2.61. The molecule has 0 aliphatic carbocycles. The van der Waals surface area contributed by atoms with Gasteiger partial charge in [0.15, 0.2) is 11.5 Å². The van der Waals surface area contributed by atoms with Crippen molar-refractivity contribution in [3.05, 3.63) is 59.7 Å². The van der Waals surface area contributed by atoms with Crippen LogP contribution in [0.15, 0.2) is 43.0 Å². The van der Waals surface area contributed by atoms with E-state index in [0.29, 0.717) is 11.5 Å². The first-order valence-electron chi connectivity index (χ1n) is 8.14. The summed E-state index contributed by atoms with van der Waals surface area (Å²) in [5, 5.41) is 0. The Morgan fingerprint density at radius 1 is 1.25 bits per heavy atom. The van der Waals surface area contributed by atoms with Crippen LogP contribution < -0.4 is 14.2 Å². The van der Waals surface area contributed by atoms with Gasteiger partial charge in [-0.1, -0.05) is 24.3 Å². The predicted molar refractivity (Wildman–Crippen MR) is 93.4 cm³/mol. The lowest BCUT2D eigenvalue weighted by atomic mass is 9.82. The molecule has 124 valence electrons. The van der Waals surface area contributed by atoms with Gasteiger partial charge in [0.1, 0.15) is 5.75 Å². The molecule has 2 heterocycles. The van der Waals surface area contributed by atoms with Gasteiger partial charge in [-0.25, -0.2) is 0 Å². The molecule has 0 radical (unpaired) electrons. The molecule has 0 amide bonds. The van der Waals surface area contributed by atoms with Crippen molar-refractivity contribution >= 4 is 0 Å². The van der Waals surface area contributed by atoms with Crippen LogP contribution in [0.25, 0.3) is 0 Å². The summed E-state index contributed by atoms with van der Waals surface area (Å²) in [6, 6.07) is 10.3. The van der Waals surface area contributed by atoms with Gasteiger partial charge < -0.3 is 14.2 Å². The Balaban J connectivity index is 1.89. The molecule has 2 aromatic rings. The fraction of sp³-hybridized carbons (Fsp3) is 0.300. The van der Waals surface area contributed by atoms with E-state index in [4.69, 9.17) is 14.2 Å². The van der Waals surface area contributed by atoms with Crippen molar-refractivity contribution in [2.45, 2.75) is 12.5 Å². The van der Waals surface area contributed by atoms with Crippen LogP contribution in [0, 0.1) is 0 Å². The summed E-state index contributed by atoms with van der Waals surface area (Å²) in [5.74, 6) is 3.32. The van der Waals surface area contributed by atoms with Gasteiger partial charge in [-0.05, 0) is 17.7 Å². The van der Waals surface area contributed by atoms with Crippen molar-refractivity contribution in [3.8, 4) is 23.0 Å². The second-order valence-corrected chi connectivity index (χ2v) is 6.19. The van der Waals surface area contributed by atoms with E-state index in [1.807, 2.05) is 18.2 Å². The lowest BCUT2D eigenvalue weighted by Gasteiger charge is -2.39. The van der Waals surface area contributed by atoms with Gasteiger partial charge >= 0.3 is 0 Å². The molecule has 0 saturated heterocycles. The van der Waals surface area contributed by atoms with Crippen molar-refractivity contribution in [1.29, 1.82) is 0 Å². The first-order chi connectivity index (χ1) is 11.8. The highest BCUT2D eigenvalue weighted by molar-refractivity contribution is 5.65. The van der Waals surface area contributed by atoms with Crippen molar-refractivity contribution < 1.29 is 14.2 Å². The molecule has 2 aromatic carbocycles. The van der Waals surface area contributed by atoms with Crippen LogP contribution in [0.2, 0.25) is 0 Å². The number of methoxy groups -OCH3 is 2. The predicted octanol–water partition coefficient (Wildman–Crippen LogP) is 3.94. The van der Waals surface area contributed by atoms with Crippen LogP contribution in [0.5, 0.6) is 23.0 Å². The van der Waals surface area contributed by atoms with Gasteiger partial charge in [0.25, 0.3) is 0 Å². The summed E-state index contributed by atoms with van der Waals surface area (Å²) in [7, 11) is 3.30. The summed E-state index contributed by atoms with van der Waals surface area (Å²) < 4.78 is 17.3. The van der Waals surface area contributed by atoms with Crippen molar-refractivity contribution in [2.75, 3.05) is 27.3 Å². The third kappa shape index (κ3) is 2.18. The van der Waals surface area contributed by atoms with Crippen LogP contribution in [0.1, 0.15) is 22.6 Å². The molecule has 1 atom stereocenters. The van der Waals surface area contributed by atoms with E-state index in [1.54, 1.807) is 14.2 Å². The van der Waals surface area contributed by atoms with E-state index < -0.39 is 0 Å². The molecule has 0 N–H and O–H groups in total. The Labute approximate surface area is 142 Å². The molecule has 0 fully saturated rings. The molecule has 4 rings (SSSR count). The molecule has 4 heteroatoms. The quantitative estimate of drug-likeness (QED) is 0.797. The van der Waals surface area contributed by atoms with Gasteiger partial charge in [-0.3, -0.25) is 4.90 Å². The number of hydrogen-bond donors (Lipinski definition) is 0. The van der Waals surface area contributed by atoms with Crippen molar-refractivity contribution in [3.63, 3.8) is 0 Å². The molecule has 24 heavy (non-hydrogen) atoms. The summed E-state index contributed by atoms with van der Waals surface area (Å²) in [6.45, 7) is 6.64. The highest BCUT2D eigenvalue weighted by atomic mass is 16.5. The number of rotatable bonds is 4. The SMILES string of the molecule is C=CCN1Cc2cccc3c2C(C1)c1ccc(OC)c(OC)c1O3. The van der Waals surface area contributed by atoms with Gasteiger partial charge in [-0.15, -0.1) is 6.58 Å². The maximum absolute atomic E-state index is 6.24. The Morgan fingerprint density at radius 3 is 2.88 bits per heavy atom. The molecule has 0 aromatic heterocycles. The lowest BCUT2D eigenvalue weighted by molar-refractivity contribution is 0.253. The van der Waals surface area contributed by atoms with E-state index in [9.17, 15) is 0 Å². The second kappa shape index (κ2) is 5.87. The molecule has 4 nitrogen and oxygen atoms in total. The Kier molecular flexibility index (Phi) is 3.69. The minimum atomic E-state index is 0.272. The highest BCUT2D eigenvalue weighted by Crippen LogP contribution is 2.53. The number of nitrogens with zero attached hydrogens (tertiary/aromatic N) is 1. The number of hydrogen-bond acceptors (Lipinski definition) is 4. The average molecular weight is 323 g/mol. The van der Waals surface area contributed by atoms with E-state index >= 15 is 0 Å². The smallest absolute Gasteiger partial charge is 0.204 e. The maximum atomic E-state index is 6.24. The van der Waals surface area contributed by atoms with Gasteiger partial charge in [0, 0.05) is 36.7 Å². The van der Waals surface area contributed by atoms with Gasteiger partial charge in [0.2, 0.25) is 5.75 Å². The fourth-order valence-corrected chi connectivity index (χ4v) is 3.85. The molecular formula is C20H21NO3. The zero-order chi connectivity index (χ0) is 16.7. The van der Waals surface area contributed by atoms with Crippen molar-refractivity contribution in [2.24, 2.45) is 0 Å². The number of fused-ring (bicyclic) bond motifs is 2. The molecule has 0 spiro atoms. The third-order valence-electron chi connectivity index (χ3n) is 4.84. The van der Waals surface area contributed by atoms with E-state index in [1.165, 1.54) is 11.1 Å². The summed E-state index contributed by atoms with van der Waals surface area (Å²) in [6.07, 6.45) is 1.96. The summed E-state index contributed by atoms with van der Waals surface area (Å²) in [4.78, 5) is 2.41. The zero-order valence-electron chi connectivity index (χ0n) is 14.0. The molecule has 0 bridgehead atoms. The van der Waals surface area contributed by atoms with Crippen molar-refractivity contribution in [1.82, 2.24) is 4.90 Å². The first-order valence-corrected chi connectivity index (χ1v) is 8.14. The third-order valence-corrected chi connectivity index (χ3v) is 4.84. The van der Waals surface area contributed by atoms with Gasteiger partial charge in [0.05, 0.1) is 14.2 Å². The fourth-order valence-electron chi connectivity index (χ4n) is 3.85. The Hall–Kier alpha value is -2.46. The van der Waals surface area contributed by atoms with Gasteiger partial charge in [-0.2, -0.15) is 0 Å². The number of benzene rings is 2. The highest BCUT2D eigenvalue weighted by Gasteiger charge is 2.36. The molecule has 2 aliphatic rings. The zero-order valence-corrected chi connectivity index (χ0v) is 14.0. The minimum absolute atomic E-state index is 0.272. The van der Waals surface area contributed by atoms with E-state index in [0.717, 1.165) is 36.7 Å². The summed E-state index contributed by atoms with van der Waals surface area (Å²) in [5.41, 5.74) is 3.78. The Bertz CT molecular complexity index is 800. The lowest BCUT2D eigenvalue weighted by Crippen LogP contribution is -2.35. The molecule has 2 aliphatic heterocycles. The van der Waals surface area contributed by atoms with E-state index in [2.05, 4.69) is 29.7 Å². The van der Waals surface area contributed by atoms with Crippen LogP contribution in [0.4, 0.5) is 0 Å². The first kappa shape index (κ1) is 15.1.